The van der Waals surface area contributed by atoms with E-state index in [0.717, 1.165) is 17.1 Å². The molecule has 0 spiro atoms. The van der Waals surface area contributed by atoms with Gasteiger partial charge in [0, 0.05) is 17.7 Å². The van der Waals surface area contributed by atoms with E-state index >= 15 is 0 Å². The number of benzene rings is 1. The van der Waals surface area contributed by atoms with Crippen LogP contribution >= 0.6 is 11.3 Å². The van der Waals surface area contributed by atoms with Crippen LogP contribution in [0.2, 0.25) is 0 Å². The molecule has 0 amide bonds. The standard InChI is InChI=1S/C15H19NO2S/c1-11(16-2)14-5-4-13(17-3)8-15(14)18-9-12-6-7-19-10-12/h4-8,10-11,16H,9H2,1-3H3. The molecule has 4 heteroatoms. The van der Waals surface area contributed by atoms with Gasteiger partial charge in [0.15, 0.2) is 0 Å². The summed E-state index contributed by atoms with van der Waals surface area (Å²) in [6.45, 7) is 2.69. The molecule has 102 valence electrons. The van der Waals surface area contributed by atoms with Crippen LogP contribution in [0.15, 0.2) is 35.0 Å². The summed E-state index contributed by atoms with van der Waals surface area (Å²) in [5, 5.41) is 7.39. The lowest BCUT2D eigenvalue weighted by Crippen LogP contribution is -2.13. The molecule has 1 atom stereocenters. The number of ether oxygens (including phenoxy) is 2. The lowest BCUT2D eigenvalue weighted by molar-refractivity contribution is 0.298. The molecular formula is C15H19NO2S. The summed E-state index contributed by atoms with van der Waals surface area (Å²) >= 11 is 1.68. The van der Waals surface area contributed by atoms with Crippen molar-refractivity contribution in [2.45, 2.75) is 19.6 Å². The monoisotopic (exact) mass is 277 g/mol. The van der Waals surface area contributed by atoms with Crippen molar-refractivity contribution < 1.29 is 9.47 Å². The molecular weight excluding hydrogens is 258 g/mol. The lowest BCUT2D eigenvalue weighted by Gasteiger charge is -2.17. The van der Waals surface area contributed by atoms with Gasteiger partial charge in [-0.15, -0.1) is 0 Å². The summed E-state index contributed by atoms with van der Waals surface area (Å²) in [4.78, 5) is 0. The summed E-state index contributed by atoms with van der Waals surface area (Å²) in [6.07, 6.45) is 0. The molecule has 0 bridgehead atoms. The highest BCUT2D eigenvalue weighted by Gasteiger charge is 2.11. The summed E-state index contributed by atoms with van der Waals surface area (Å²) in [5.41, 5.74) is 2.33. The Labute approximate surface area is 118 Å². The summed E-state index contributed by atoms with van der Waals surface area (Å²) in [6, 6.07) is 8.26. The molecule has 0 aliphatic carbocycles. The van der Waals surface area contributed by atoms with Crippen LogP contribution in [0.1, 0.15) is 24.1 Å². The molecule has 0 aliphatic heterocycles. The molecule has 3 nitrogen and oxygen atoms in total. The third kappa shape index (κ3) is 3.49. The summed E-state index contributed by atoms with van der Waals surface area (Å²) in [5.74, 6) is 1.68. The molecule has 0 aliphatic rings. The molecule has 0 fully saturated rings. The highest BCUT2D eigenvalue weighted by atomic mass is 32.1. The largest absolute Gasteiger partial charge is 0.497 e. The molecule has 1 unspecified atom stereocenters. The zero-order valence-electron chi connectivity index (χ0n) is 11.5. The minimum atomic E-state index is 0.239. The van der Waals surface area contributed by atoms with Crippen LogP contribution in [0.25, 0.3) is 0 Å². The molecule has 0 radical (unpaired) electrons. The van der Waals surface area contributed by atoms with E-state index in [-0.39, 0.29) is 6.04 Å². The SMILES string of the molecule is CNC(C)c1ccc(OC)cc1OCc1ccsc1. The second-order valence-electron chi connectivity index (χ2n) is 4.33. The molecule has 1 N–H and O–H groups in total. The first-order valence-corrected chi connectivity index (χ1v) is 7.18. The van der Waals surface area contributed by atoms with E-state index in [1.807, 2.05) is 25.2 Å². The Morgan fingerprint density at radius 3 is 2.79 bits per heavy atom. The Bertz CT molecular complexity index is 511. The normalized spacial score (nSPS) is 12.2. The lowest BCUT2D eigenvalue weighted by atomic mass is 10.1. The molecule has 1 heterocycles. The number of rotatable bonds is 6. The highest BCUT2D eigenvalue weighted by Crippen LogP contribution is 2.30. The van der Waals surface area contributed by atoms with E-state index < -0.39 is 0 Å². The molecule has 19 heavy (non-hydrogen) atoms. The van der Waals surface area contributed by atoms with E-state index in [4.69, 9.17) is 9.47 Å². The Kier molecular flexibility index (Phi) is 4.82. The van der Waals surface area contributed by atoms with Gasteiger partial charge in [-0.05, 0) is 42.4 Å². The van der Waals surface area contributed by atoms with Crippen molar-refractivity contribution >= 4 is 11.3 Å². The van der Waals surface area contributed by atoms with Crippen molar-refractivity contribution in [3.05, 3.63) is 46.2 Å². The van der Waals surface area contributed by atoms with Crippen molar-refractivity contribution in [3.8, 4) is 11.5 Å². The Morgan fingerprint density at radius 2 is 2.16 bits per heavy atom. The third-order valence-corrected chi connectivity index (χ3v) is 3.83. The van der Waals surface area contributed by atoms with Gasteiger partial charge in [0.1, 0.15) is 18.1 Å². The fourth-order valence-electron chi connectivity index (χ4n) is 1.82. The molecule has 1 aromatic carbocycles. The van der Waals surface area contributed by atoms with Crippen molar-refractivity contribution in [2.24, 2.45) is 0 Å². The Hall–Kier alpha value is -1.52. The average Bonchev–Trinajstić information content (AvgIpc) is 2.97. The minimum Gasteiger partial charge on any atom is -0.497 e. The van der Waals surface area contributed by atoms with E-state index in [1.165, 1.54) is 5.56 Å². The maximum atomic E-state index is 5.93. The smallest absolute Gasteiger partial charge is 0.128 e. The average molecular weight is 277 g/mol. The first-order valence-electron chi connectivity index (χ1n) is 6.23. The minimum absolute atomic E-state index is 0.239. The van der Waals surface area contributed by atoms with Crippen LogP contribution in [0.5, 0.6) is 11.5 Å². The third-order valence-electron chi connectivity index (χ3n) is 3.09. The molecule has 1 aromatic heterocycles. The van der Waals surface area contributed by atoms with Gasteiger partial charge >= 0.3 is 0 Å². The number of nitrogens with one attached hydrogen (secondary N) is 1. The fourth-order valence-corrected chi connectivity index (χ4v) is 2.47. The Morgan fingerprint density at radius 1 is 1.32 bits per heavy atom. The number of hydrogen-bond acceptors (Lipinski definition) is 4. The van der Waals surface area contributed by atoms with Crippen LogP contribution in [-0.2, 0) is 6.61 Å². The first-order chi connectivity index (χ1) is 9.24. The summed E-state index contributed by atoms with van der Waals surface area (Å²) in [7, 11) is 3.61. The van der Waals surface area contributed by atoms with Gasteiger partial charge in [-0.3, -0.25) is 0 Å². The first kappa shape index (κ1) is 13.9. The number of methoxy groups -OCH3 is 1. The van der Waals surface area contributed by atoms with Crippen LogP contribution in [0.3, 0.4) is 0 Å². The van der Waals surface area contributed by atoms with Gasteiger partial charge < -0.3 is 14.8 Å². The van der Waals surface area contributed by atoms with E-state index in [1.54, 1.807) is 18.4 Å². The van der Waals surface area contributed by atoms with Gasteiger partial charge in [-0.25, -0.2) is 0 Å². The molecule has 0 saturated heterocycles. The fraction of sp³-hybridized carbons (Fsp3) is 0.333. The topological polar surface area (TPSA) is 30.5 Å². The van der Waals surface area contributed by atoms with Gasteiger partial charge in [-0.1, -0.05) is 6.07 Å². The van der Waals surface area contributed by atoms with Crippen molar-refractivity contribution in [3.63, 3.8) is 0 Å². The zero-order valence-corrected chi connectivity index (χ0v) is 12.3. The van der Waals surface area contributed by atoms with Gasteiger partial charge in [0.25, 0.3) is 0 Å². The maximum Gasteiger partial charge on any atom is 0.128 e. The predicted molar refractivity (Wildman–Crippen MR) is 79.1 cm³/mol. The Balaban J connectivity index is 2.19. The van der Waals surface area contributed by atoms with E-state index in [9.17, 15) is 0 Å². The zero-order chi connectivity index (χ0) is 13.7. The number of thiophene rings is 1. The summed E-state index contributed by atoms with van der Waals surface area (Å²) < 4.78 is 11.2. The van der Waals surface area contributed by atoms with Gasteiger partial charge in [0.2, 0.25) is 0 Å². The maximum absolute atomic E-state index is 5.93. The molecule has 2 aromatic rings. The predicted octanol–water partition coefficient (Wildman–Crippen LogP) is 3.62. The molecule has 0 saturated carbocycles. The van der Waals surface area contributed by atoms with Crippen LogP contribution in [0, 0.1) is 0 Å². The second kappa shape index (κ2) is 6.59. The van der Waals surface area contributed by atoms with E-state index in [0.29, 0.717) is 6.61 Å². The van der Waals surface area contributed by atoms with Crippen LogP contribution in [0.4, 0.5) is 0 Å². The second-order valence-corrected chi connectivity index (χ2v) is 5.11. The highest BCUT2D eigenvalue weighted by molar-refractivity contribution is 7.07. The van der Waals surface area contributed by atoms with Crippen molar-refractivity contribution in [1.29, 1.82) is 0 Å². The van der Waals surface area contributed by atoms with Gasteiger partial charge in [-0.2, -0.15) is 11.3 Å². The van der Waals surface area contributed by atoms with Crippen LogP contribution in [-0.4, -0.2) is 14.2 Å². The van der Waals surface area contributed by atoms with E-state index in [2.05, 4.69) is 29.1 Å². The van der Waals surface area contributed by atoms with Crippen molar-refractivity contribution in [1.82, 2.24) is 5.32 Å². The van der Waals surface area contributed by atoms with Crippen molar-refractivity contribution in [2.75, 3.05) is 14.2 Å². The molecule has 2 rings (SSSR count). The quantitative estimate of drug-likeness (QED) is 0.875. The van der Waals surface area contributed by atoms with Crippen LogP contribution < -0.4 is 14.8 Å². The van der Waals surface area contributed by atoms with Gasteiger partial charge in [0.05, 0.1) is 7.11 Å². The number of hydrogen-bond donors (Lipinski definition) is 1.